The number of halogens is 2. The highest BCUT2D eigenvalue weighted by Gasteiger charge is 2.41. The lowest BCUT2D eigenvalue weighted by molar-refractivity contribution is -0.116. The van der Waals surface area contributed by atoms with E-state index in [1.165, 1.54) is 17.5 Å². The predicted octanol–water partition coefficient (Wildman–Crippen LogP) is 4.36. The summed E-state index contributed by atoms with van der Waals surface area (Å²) in [6.45, 7) is 7.31. The molecule has 0 saturated carbocycles. The van der Waals surface area contributed by atoms with Gasteiger partial charge in [-0.3, -0.25) is 4.79 Å². The fraction of sp³-hybridized carbons (Fsp3) is 0.529. The highest BCUT2D eigenvalue weighted by molar-refractivity contribution is 9.11. The molecule has 9 heteroatoms. The Balaban J connectivity index is 3.31. The molecule has 1 N–H and O–H groups in total. The predicted molar refractivity (Wildman–Crippen MR) is 112 cm³/mol. The number of ketones is 1. The van der Waals surface area contributed by atoms with E-state index < -0.39 is 21.6 Å². The van der Waals surface area contributed by atoms with Crippen molar-refractivity contribution in [1.29, 1.82) is 5.26 Å². The van der Waals surface area contributed by atoms with E-state index in [1.54, 1.807) is 32.0 Å². The third-order valence-electron chi connectivity index (χ3n) is 3.35. The smallest absolute Gasteiger partial charge is 0.177 e. The molecule has 5 nitrogen and oxygen atoms in total. The third-order valence-corrected chi connectivity index (χ3v) is 7.41. The molecule has 2 atom stereocenters. The molecule has 0 radical (unpaired) electrons. The van der Waals surface area contributed by atoms with Crippen LogP contribution >= 0.6 is 38.9 Å². The normalized spacial score (nSPS) is 15.9. The van der Waals surface area contributed by atoms with Gasteiger partial charge >= 0.3 is 0 Å². The summed E-state index contributed by atoms with van der Waals surface area (Å²) in [5, 5.41) is 9.78. The molecule has 26 heavy (non-hydrogen) atoms. The molecule has 0 unspecified atom stereocenters. The Bertz CT molecular complexity index is 737. The van der Waals surface area contributed by atoms with Crippen LogP contribution in [-0.4, -0.2) is 34.1 Å². The SMILES string of the molecule is CN(C)C=C(C#N)C(=O)C[C@](C)(N[S@+]([O-])C(C)(C)C)c1sc(Br)cc1Cl. The summed E-state index contributed by atoms with van der Waals surface area (Å²) in [6.07, 6.45) is 1.43. The molecule has 1 heterocycles. The summed E-state index contributed by atoms with van der Waals surface area (Å²) in [5.74, 6) is -0.345. The minimum atomic E-state index is -1.43. The van der Waals surface area contributed by atoms with Gasteiger partial charge in [0.2, 0.25) is 0 Å². The molecule has 0 aliphatic carbocycles. The van der Waals surface area contributed by atoms with Crippen molar-refractivity contribution >= 4 is 56.0 Å². The minimum absolute atomic E-state index is 0.0383. The average Bonchev–Trinajstić information content (AvgIpc) is 2.82. The van der Waals surface area contributed by atoms with Crippen molar-refractivity contribution in [2.75, 3.05) is 14.1 Å². The van der Waals surface area contributed by atoms with Gasteiger partial charge in [-0.15, -0.1) is 16.1 Å². The van der Waals surface area contributed by atoms with Gasteiger partial charge in [0, 0.05) is 43.0 Å². The van der Waals surface area contributed by atoms with E-state index in [-0.39, 0.29) is 17.8 Å². The first-order chi connectivity index (χ1) is 11.8. The number of nitrogens with zero attached hydrogens (tertiary/aromatic N) is 2. The van der Waals surface area contributed by atoms with Gasteiger partial charge in [0.15, 0.2) is 5.78 Å². The van der Waals surface area contributed by atoms with Crippen molar-refractivity contribution in [2.45, 2.75) is 44.4 Å². The zero-order valence-corrected chi connectivity index (χ0v) is 19.6. The molecular weight excluding hydrogens is 458 g/mol. The molecule has 1 aromatic heterocycles. The maximum Gasteiger partial charge on any atom is 0.177 e. The Kier molecular flexibility index (Phi) is 8.21. The van der Waals surface area contributed by atoms with Crippen molar-refractivity contribution in [2.24, 2.45) is 0 Å². The van der Waals surface area contributed by atoms with Gasteiger partial charge in [-0.2, -0.15) is 5.26 Å². The van der Waals surface area contributed by atoms with Crippen molar-refractivity contribution in [3.05, 3.63) is 31.5 Å². The molecule has 0 bridgehead atoms. The van der Waals surface area contributed by atoms with E-state index >= 15 is 0 Å². The molecular formula is C17H23BrClN3O2S2. The Labute approximate surface area is 175 Å². The van der Waals surface area contributed by atoms with Crippen molar-refractivity contribution < 1.29 is 9.35 Å². The van der Waals surface area contributed by atoms with E-state index in [4.69, 9.17) is 11.6 Å². The Morgan fingerprint density at radius 2 is 2.08 bits per heavy atom. The molecule has 0 amide bonds. The van der Waals surface area contributed by atoms with Crippen LogP contribution in [0.15, 0.2) is 21.6 Å². The average molecular weight is 481 g/mol. The number of nitrogens with one attached hydrogen (secondary N) is 1. The van der Waals surface area contributed by atoms with Crippen LogP contribution in [0.4, 0.5) is 0 Å². The topological polar surface area (TPSA) is 79.2 Å². The first kappa shape index (κ1) is 23.5. The first-order valence-electron chi connectivity index (χ1n) is 7.76. The number of hydrogen-bond acceptors (Lipinski definition) is 6. The number of carbonyl (C=O) groups excluding carboxylic acids is 1. The molecule has 0 aromatic carbocycles. The highest BCUT2D eigenvalue weighted by Crippen LogP contribution is 2.41. The number of rotatable bonds is 7. The van der Waals surface area contributed by atoms with E-state index in [9.17, 15) is 14.6 Å². The van der Waals surface area contributed by atoms with Crippen molar-refractivity contribution in [1.82, 2.24) is 9.62 Å². The fourth-order valence-electron chi connectivity index (χ4n) is 2.08. The van der Waals surface area contributed by atoms with Crippen LogP contribution in [0.5, 0.6) is 0 Å². The third kappa shape index (κ3) is 6.25. The standard InChI is InChI=1S/C17H23BrClN3O2S2/c1-16(2,3)26(24)21-17(4,15-12(19)7-14(18)25-15)8-13(23)11(9-20)10-22(5)6/h7,10,21H,8H2,1-6H3/t17-,26+/m0/s1. The number of hydrogen-bond donors (Lipinski definition) is 1. The molecule has 1 aromatic rings. The van der Waals surface area contributed by atoms with Gasteiger partial charge in [-0.05, 0) is 49.7 Å². The summed E-state index contributed by atoms with van der Waals surface area (Å²) in [7, 11) is 3.48. The van der Waals surface area contributed by atoms with E-state index in [2.05, 4.69) is 20.7 Å². The second-order valence-corrected chi connectivity index (χ2v) is 12.1. The number of Topliss-reactive ketones (excluding diaryl/α,β-unsaturated/α-hetero) is 1. The van der Waals surface area contributed by atoms with Crippen molar-refractivity contribution in [3.63, 3.8) is 0 Å². The zero-order valence-electron chi connectivity index (χ0n) is 15.6. The molecule has 0 aliphatic rings. The Morgan fingerprint density at radius 3 is 2.46 bits per heavy atom. The second-order valence-electron chi connectivity index (χ2n) is 7.26. The largest absolute Gasteiger partial charge is 0.598 e. The van der Waals surface area contributed by atoms with Crippen LogP contribution in [0, 0.1) is 11.3 Å². The summed E-state index contributed by atoms with van der Waals surface area (Å²) >= 11 is 9.69. The van der Waals surface area contributed by atoms with Crippen molar-refractivity contribution in [3.8, 4) is 6.07 Å². The van der Waals surface area contributed by atoms with E-state index in [1.807, 2.05) is 26.8 Å². The van der Waals surface area contributed by atoms with Crippen LogP contribution in [0.3, 0.4) is 0 Å². The Hall–Kier alpha value is -0.560. The van der Waals surface area contributed by atoms with Gasteiger partial charge in [-0.1, -0.05) is 11.6 Å². The molecule has 1 rings (SSSR count). The molecule has 0 fully saturated rings. The summed E-state index contributed by atoms with van der Waals surface area (Å²) in [5.41, 5.74) is -0.943. The lowest BCUT2D eigenvalue weighted by Gasteiger charge is -2.34. The monoisotopic (exact) mass is 479 g/mol. The van der Waals surface area contributed by atoms with Crippen LogP contribution in [0.1, 0.15) is 39.0 Å². The summed E-state index contributed by atoms with van der Waals surface area (Å²) in [6, 6.07) is 3.68. The highest BCUT2D eigenvalue weighted by atomic mass is 79.9. The molecule has 0 aliphatic heterocycles. The summed E-state index contributed by atoms with van der Waals surface area (Å²) < 4.78 is 16.1. The second kappa shape index (κ2) is 9.09. The lowest BCUT2D eigenvalue weighted by atomic mass is 9.92. The molecule has 144 valence electrons. The van der Waals surface area contributed by atoms with Gasteiger partial charge < -0.3 is 9.45 Å². The number of thiophene rings is 1. The van der Waals surface area contributed by atoms with Gasteiger partial charge in [0.25, 0.3) is 0 Å². The number of nitriles is 1. The van der Waals surface area contributed by atoms with E-state index in [0.29, 0.717) is 9.90 Å². The molecule has 0 saturated heterocycles. The zero-order chi connectivity index (χ0) is 20.3. The van der Waals surface area contributed by atoms with Gasteiger partial charge in [-0.25, -0.2) is 0 Å². The first-order valence-corrected chi connectivity index (χ1v) is 10.9. The molecule has 0 spiro atoms. The van der Waals surface area contributed by atoms with Crippen LogP contribution < -0.4 is 4.72 Å². The summed E-state index contributed by atoms with van der Waals surface area (Å²) in [4.78, 5) is 15.1. The number of carbonyl (C=O) groups is 1. The van der Waals surface area contributed by atoms with Gasteiger partial charge in [0.05, 0.1) is 8.81 Å². The van der Waals surface area contributed by atoms with Crippen LogP contribution in [-0.2, 0) is 21.7 Å². The fourth-order valence-corrected chi connectivity index (χ4v) is 5.25. The minimum Gasteiger partial charge on any atom is -0.598 e. The van der Waals surface area contributed by atoms with Gasteiger partial charge in [0.1, 0.15) is 21.9 Å². The quantitative estimate of drug-likeness (QED) is 0.356. The van der Waals surface area contributed by atoms with Crippen LogP contribution in [0.2, 0.25) is 5.02 Å². The maximum absolute atomic E-state index is 12.7. The Morgan fingerprint density at radius 1 is 1.50 bits per heavy atom. The van der Waals surface area contributed by atoms with E-state index in [0.717, 1.165) is 3.79 Å². The number of allylic oxidation sites excluding steroid dienone is 1. The van der Waals surface area contributed by atoms with Crippen LogP contribution in [0.25, 0.3) is 0 Å². The maximum atomic E-state index is 12.7. The lowest BCUT2D eigenvalue weighted by Crippen LogP contribution is -2.50.